The quantitative estimate of drug-likeness (QED) is 0.675. The Balaban J connectivity index is 1.67. The second-order valence-corrected chi connectivity index (χ2v) is 4.45. The molecule has 2 heterocycles. The Labute approximate surface area is 99.5 Å². The molecular weight excluding hydrogens is 222 g/mol. The van der Waals surface area contributed by atoms with Gasteiger partial charge in [0.2, 0.25) is 5.91 Å². The number of ether oxygens (including phenoxy) is 1. The van der Waals surface area contributed by atoms with Crippen LogP contribution in [0.3, 0.4) is 0 Å². The molecule has 2 rings (SSSR count). The predicted molar refractivity (Wildman–Crippen MR) is 60.1 cm³/mol. The lowest BCUT2D eigenvalue weighted by molar-refractivity contribution is -0.136. The molecule has 1 aliphatic rings. The maximum Gasteiger partial charge on any atom is 0.246 e. The fourth-order valence-corrected chi connectivity index (χ4v) is 1.51. The fourth-order valence-electron chi connectivity index (χ4n) is 1.51. The van der Waals surface area contributed by atoms with Gasteiger partial charge in [-0.3, -0.25) is 9.48 Å². The molecule has 0 spiro atoms. The van der Waals surface area contributed by atoms with E-state index in [0.29, 0.717) is 12.4 Å². The molecule has 2 N–H and O–H groups in total. The third-order valence-corrected chi connectivity index (χ3v) is 2.64. The van der Waals surface area contributed by atoms with Crippen molar-refractivity contribution in [2.45, 2.75) is 19.1 Å². The molecule has 7 nitrogen and oxygen atoms in total. The van der Waals surface area contributed by atoms with Gasteiger partial charge in [0, 0.05) is 20.1 Å². The highest BCUT2D eigenvalue weighted by molar-refractivity contribution is 5.77. The highest BCUT2D eigenvalue weighted by Crippen LogP contribution is 2.14. The number of carbonyl (C=O) groups excluding carboxylic acids is 1. The van der Waals surface area contributed by atoms with Crippen molar-refractivity contribution >= 4 is 5.91 Å². The van der Waals surface area contributed by atoms with Crippen molar-refractivity contribution in [3.8, 4) is 0 Å². The Bertz CT molecular complexity index is 399. The minimum Gasteiger partial charge on any atom is -0.363 e. The van der Waals surface area contributed by atoms with Gasteiger partial charge in [-0.1, -0.05) is 0 Å². The van der Waals surface area contributed by atoms with Crippen molar-refractivity contribution in [1.82, 2.24) is 25.4 Å². The van der Waals surface area contributed by atoms with Gasteiger partial charge < -0.3 is 15.4 Å². The summed E-state index contributed by atoms with van der Waals surface area (Å²) in [6.07, 6.45) is 1.60. The minimum absolute atomic E-state index is 0.0744. The van der Waals surface area contributed by atoms with Gasteiger partial charge in [0.25, 0.3) is 0 Å². The van der Waals surface area contributed by atoms with Gasteiger partial charge in [0.15, 0.2) is 5.82 Å². The zero-order chi connectivity index (χ0) is 12.3. The van der Waals surface area contributed by atoms with E-state index in [2.05, 4.69) is 20.7 Å². The summed E-state index contributed by atoms with van der Waals surface area (Å²) < 4.78 is 7.10. The summed E-state index contributed by atoms with van der Waals surface area (Å²) in [7, 11) is 1.78. The van der Waals surface area contributed by atoms with Crippen LogP contribution in [0.15, 0.2) is 6.33 Å². The second-order valence-electron chi connectivity index (χ2n) is 4.45. The van der Waals surface area contributed by atoms with Crippen LogP contribution in [0.1, 0.15) is 12.7 Å². The number of rotatable bonds is 5. The Kier molecular flexibility index (Phi) is 3.39. The Hall–Kier alpha value is -1.47. The molecule has 0 atom stereocenters. The van der Waals surface area contributed by atoms with Crippen molar-refractivity contribution < 1.29 is 9.53 Å². The Morgan fingerprint density at radius 2 is 2.47 bits per heavy atom. The van der Waals surface area contributed by atoms with E-state index in [1.807, 2.05) is 6.92 Å². The van der Waals surface area contributed by atoms with Crippen LogP contribution in [-0.2, 0) is 23.1 Å². The van der Waals surface area contributed by atoms with Crippen molar-refractivity contribution in [2.24, 2.45) is 7.05 Å². The Morgan fingerprint density at radius 3 is 3.00 bits per heavy atom. The zero-order valence-electron chi connectivity index (χ0n) is 10.1. The van der Waals surface area contributed by atoms with Crippen LogP contribution in [0, 0.1) is 0 Å². The summed E-state index contributed by atoms with van der Waals surface area (Å²) in [6, 6.07) is 0. The van der Waals surface area contributed by atoms with Gasteiger partial charge in [-0.25, -0.2) is 4.98 Å². The lowest BCUT2D eigenvalue weighted by Gasteiger charge is -2.38. The summed E-state index contributed by atoms with van der Waals surface area (Å²) in [5.41, 5.74) is -0.194. The van der Waals surface area contributed by atoms with Crippen molar-refractivity contribution in [3.63, 3.8) is 0 Å². The first-order valence-corrected chi connectivity index (χ1v) is 5.53. The van der Waals surface area contributed by atoms with Crippen LogP contribution in [0.25, 0.3) is 0 Å². The second kappa shape index (κ2) is 4.80. The lowest BCUT2D eigenvalue weighted by Crippen LogP contribution is -2.59. The smallest absolute Gasteiger partial charge is 0.246 e. The standard InChI is InChI=1S/C10H17N5O2/c1-10(5-11-6-10)17-4-9(16)12-3-8-13-7-15(2)14-8/h7,11H,3-6H2,1-2H3,(H,12,16). The summed E-state index contributed by atoms with van der Waals surface area (Å²) >= 11 is 0. The fraction of sp³-hybridized carbons (Fsp3) is 0.700. The number of aryl methyl sites for hydroxylation is 1. The molecule has 1 amide bonds. The third-order valence-electron chi connectivity index (χ3n) is 2.64. The van der Waals surface area contributed by atoms with E-state index in [9.17, 15) is 4.79 Å². The third kappa shape index (κ3) is 3.24. The highest BCUT2D eigenvalue weighted by atomic mass is 16.5. The molecule has 1 saturated heterocycles. The predicted octanol–water partition coefficient (Wildman–Crippen LogP) is -1.19. The van der Waals surface area contributed by atoms with Crippen molar-refractivity contribution in [1.29, 1.82) is 0 Å². The minimum atomic E-state index is -0.194. The van der Waals surface area contributed by atoms with E-state index in [1.165, 1.54) is 0 Å². The van der Waals surface area contributed by atoms with Crippen LogP contribution in [-0.4, -0.2) is 46.0 Å². The number of carbonyl (C=O) groups is 1. The van der Waals surface area contributed by atoms with Crippen LogP contribution in [0.4, 0.5) is 0 Å². The van der Waals surface area contributed by atoms with Gasteiger partial charge in [-0.15, -0.1) is 0 Å². The summed E-state index contributed by atoms with van der Waals surface area (Å²) in [6.45, 7) is 3.98. The first-order chi connectivity index (χ1) is 8.07. The van der Waals surface area contributed by atoms with Crippen molar-refractivity contribution in [2.75, 3.05) is 19.7 Å². The summed E-state index contributed by atoms with van der Waals surface area (Å²) in [5.74, 6) is 0.447. The molecule has 0 saturated carbocycles. The van der Waals surface area contributed by atoms with Gasteiger partial charge in [-0.05, 0) is 6.92 Å². The zero-order valence-corrected chi connectivity index (χ0v) is 10.1. The normalized spacial score (nSPS) is 17.5. The monoisotopic (exact) mass is 239 g/mol. The van der Waals surface area contributed by atoms with Gasteiger partial charge in [0.1, 0.15) is 12.9 Å². The molecule has 0 unspecified atom stereocenters. The molecule has 1 aliphatic heterocycles. The van der Waals surface area contributed by atoms with Gasteiger partial charge >= 0.3 is 0 Å². The van der Waals surface area contributed by atoms with Gasteiger partial charge in [0.05, 0.1) is 12.1 Å². The number of nitrogens with zero attached hydrogens (tertiary/aromatic N) is 3. The molecule has 17 heavy (non-hydrogen) atoms. The molecule has 0 aliphatic carbocycles. The number of nitrogens with one attached hydrogen (secondary N) is 2. The molecule has 7 heteroatoms. The number of amides is 1. The first-order valence-electron chi connectivity index (χ1n) is 5.53. The summed E-state index contributed by atoms with van der Waals surface area (Å²) in [4.78, 5) is 15.5. The lowest BCUT2D eigenvalue weighted by atomic mass is 10.0. The SMILES string of the molecule is Cn1cnc(CNC(=O)COC2(C)CNC2)n1. The maximum absolute atomic E-state index is 11.5. The average molecular weight is 239 g/mol. The summed E-state index contributed by atoms with van der Waals surface area (Å²) in [5, 5.41) is 9.88. The van der Waals surface area contributed by atoms with Gasteiger partial charge in [-0.2, -0.15) is 5.10 Å². The Morgan fingerprint density at radius 1 is 1.71 bits per heavy atom. The van der Waals surface area contributed by atoms with E-state index in [4.69, 9.17) is 4.74 Å². The van der Waals surface area contributed by atoms with Crippen LogP contribution in [0.5, 0.6) is 0 Å². The van der Waals surface area contributed by atoms with Crippen molar-refractivity contribution in [3.05, 3.63) is 12.2 Å². The van der Waals surface area contributed by atoms with E-state index < -0.39 is 0 Å². The molecule has 94 valence electrons. The van der Waals surface area contributed by atoms with Crippen LogP contribution < -0.4 is 10.6 Å². The largest absolute Gasteiger partial charge is 0.363 e. The molecule has 0 radical (unpaired) electrons. The first kappa shape index (κ1) is 12.0. The number of hydrogen-bond acceptors (Lipinski definition) is 5. The molecule has 1 aromatic heterocycles. The van der Waals surface area contributed by atoms with Crippen LogP contribution >= 0.6 is 0 Å². The average Bonchev–Trinajstić information content (AvgIpc) is 2.67. The maximum atomic E-state index is 11.5. The van der Waals surface area contributed by atoms with E-state index in [-0.39, 0.29) is 18.1 Å². The molecular formula is C10H17N5O2. The molecule has 1 fully saturated rings. The van der Waals surface area contributed by atoms with E-state index in [1.54, 1.807) is 18.1 Å². The van der Waals surface area contributed by atoms with Crippen LogP contribution in [0.2, 0.25) is 0 Å². The molecule has 1 aromatic rings. The number of aromatic nitrogens is 3. The molecule has 0 aromatic carbocycles. The topological polar surface area (TPSA) is 81.1 Å². The highest BCUT2D eigenvalue weighted by Gasteiger charge is 2.32. The van der Waals surface area contributed by atoms with E-state index in [0.717, 1.165) is 13.1 Å². The van der Waals surface area contributed by atoms with E-state index >= 15 is 0 Å². The number of hydrogen-bond donors (Lipinski definition) is 2. The molecule has 0 bridgehead atoms.